The molecule has 0 radical (unpaired) electrons. The van der Waals surface area contributed by atoms with E-state index in [1.165, 1.54) is 37.6 Å². The summed E-state index contributed by atoms with van der Waals surface area (Å²) in [5.41, 5.74) is 2.43. The first kappa shape index (κ1) is 23.9. The smallest absolute Gasteiger partial charge is 0.323 e. The van der Waals surface area contributed by atoms with Gasteiger partial charge in [-0.3, -0.25) is 9.69 Å². The second kappa shape index (κ2) is 11.8. The molecule has 2 aliphatic rings. The summed E-state index contributed by atoms with van der Waals surface area (Å²) in [5, 5.41) is 0. The molecule has 33 heavy (non-hydrogen) atoms. The Morgan fingerprint density at radius 2 is 1.55 bits per heavy atom. The van der Waals surface area contributed by atoms with Crippen LogP contribution in [0.4, 0.5) is 4.39 Å². The van der Waals surface area contributed by atoms with E-state index in [1.807, 2.05) is 30.3 Å². The molecule has 2 aromatic rings. The van der Waals surface area contributed by atoms with Crippen molar-refractivity contribution in [3.8, 4) is 0 Å². The number of carbonyl (C=O) groups is 1. The normalized spacial score (nSPS) is 19.9. The second-order valence-electron chi connectivity index (χ2n) is 9.78. The van der Waals surface area contributed by atoms with E-state index in [4.69, 9.17) is 4.74 Å². The molecule has 0 N–H and O–H groups in total. The summed E-state index contributed by atoms with van der Waals surface area (Å²) in [4.78, 5) is 17.5. The third-order valence-corrected chi connectivity index (χ3v) is 7.50. The number of piperidine rings is 2. The molecule has 0 saturated carbocycles. The average Bonchev–Trinajstić information content (AvgIpc) is 2.86. The fraction of sp³-hybridized carbons (Fsp3) is 0.536. The number of ether oxygens (including phenoxy) is 1. The Kier molecular flexibility index (Phi) is 8.51. The van der Waals surface area contributed by atoms with Gasteiger partial charge < -0.3 is 9.64 Å². The monoisotopic (exact) mass is 452 g/mol. The highest BCUT2D eigenvalue weighted by Crippen LogP contribution is 2.26. The van der Waals surface area contributed by atoms with Gasteiger partial charge in [-0.25, -0.2) is 4.39 Å². The topological polar surface area (TPSA) is 32.8 Å². The predicted octanol–water partition coefficient (Wildman–Crippen LogP) is 4.58. The van der Waals surface area contributed by atoms with Crippen molar-refractivity contribution in [2.45, 2.75) is 44.6 Å². The lowest BCUT2D eigenvalue weighted by atomic mass is 9.88. The summed E-state index contributed by atoms with van der Waals surface area (Å²) in [5.74, 6) is 1.12. The maximum atomic E-state index is 13.1. The van der Waals surface area contributed by atoms with E-state index in [2.05, 4.69) is 21.9 Å². The van der Waals surface area contributed by atoms with Gasteiger partial charge in [0, 0.05) is 6.54 Å². The molecule has 2 saturated heterocycles. The van der Waals surface area contributed by atoms with Gasteiger partial charge in [-0.05, 0) is 99.8 Å². The highest BCUT2D eigenvalue weighted by atomic mass is 19.1. The summed E-state index contributed by atoms with van der Waals surface area (Å²) >= 11 is 0. The number of hydrogen-bond donors (Lipinski definition) is 0. The van der Waals surface area contributed by atoms with Gasteiger partial charge in [0.15, 0.2) is 0 Å². The SMILES string of the molecule is COC(=O)[C@H](Cc1ccccc1)N1CCC(CN2CCC(Cc3ccc(F)cc3)CC2)CC1. The molecule has 5 heteroatoms. The minimum absolute atomic E-state index is 0.125. The van der Waals surface area contributed by atoms with E-state index in [9.17, 15) is 9.18 Å². The van der Waals surface area contributed by atoms with Crippen molar-refractivity contribution < 1.29 is 13.9 Å². The van der Waals surface area contributed by atoms with Crippen molar-refractivity contribution in [3.05, 3.63) is 71.5 Å². The number of esters is 1. The molecule has 1 atom stereocenters. The first-order chi connectivity index (χ1) is 16.1. The second-order valence-corrected chi connectivity index (χ2v) is 9.78. The van der Waals surface area contributed by atoms with Crippen LogP contribution in [-0.4, -0.2) is 61.6 Å². The molecule has 0 amide bonds. The van der Waals surface area contributed by atoms with Crippen LogP contribution in [0.2, 0.25) is 0 Å². The number of rotatable bonds is 8. The lowest BCUT2D eigenvalue weighted by Crippen LogP contribution is -2.49. The van der Waals surface area contributed by atoms with Gasteiger partial charge in [0.1, 0.15) is 11.9 Å². The molecule has 2 heterocycles. The van der Waals surface area contributed by atoms with Crippen LogP contribution in [0.1, 0.15) is 36.8 Å². The van der Waals surface area contributed by atoms with Crippen LogP contribution in [0.15, 0.2) is 54.6 Å². The number of carbonyl (C=O) groups excluding carboxylic acids is 1. The van der Waals surface area contributed by atoms with Crippen LogP contribution in [0, 0.1) is 17.7 Å². The van der Waals surface area contributed by atoms with Crippen LogP contribution >= 0.6 is 0 Å². The summed E-state index contributed by atoms with van der Waals surface area (Å²) in [6.45, 7) is 5.39. The Labute approximate surface area is 197 Å². The first-order valence-corrected chi connectivity index (χ1v) is 12.4. The van der Waals surface area contributed by atoms with Crippen molar-refractivity contribution in [3.63, 3.8) is 0 Å². The van der Waals surface area contributed by atoms with Crippen LogP contribution < -0.4 is 0 Å². The largest absolute Gasteiger partial charge is 0.468 e. The van der Waals surface area contributed by atoms with Crippen LogP contribution in [0.5, 0.6) is 0 Å². The Balaban J connectivity index is 1.21. The first-order valence-electron chi connectivity index (χ1n) is 12.4. The summed E-state index contributed by atoms with van der Waals surface area (Å²) in [6.07, 6.45) is 6.48. The maximum Gasteiger partial charge on any atom is 0.323 e. The molecule has 178 valence electrons. The zero-order valence-corrected chi connectivity index (χ0v) is 19.8. The van der Waals surface area contributed by atoms with Crippen molar-refractivity contribution in [2.24, 2.45) is 11.8 Å². The highest BCUT2D eigenvalue weighted by Gasteiger charge is 2.31. The van der Waals surface area contributed by atoms with Crippen LogP contribution in [0.25, 0.3) is 0 Å². The Hall–Kier alpha value is -2.24. The van der Waals surface area contributed by atoms with E-state index < -0.39 is 0 Å². The predicted molar refractivity (Wildman–Crippen MR) is 130 cm³/mol. The molecule has 2 fully saturated rings. The third-order valence-electron chi connectivity index (χ3n) is 7.50. The summed E-state index contributed by atoms with van der Waals surface area (Å²) in [7, 11) is 1.49. The molecule has 0 unspecified atom stereocenters. The molecule has 2 aromatic carbocycles. The Bertz CT molecular complexity index is 857. The van der Waals surface area contributed by atoms with Crippen molar-refractivity contribution in [2.75, 3.05) is 39.8 Å². The lowest BCUT2D eigenvalue weighted by Gasteiger charge is -2.39. The van der Waals surface area contributed by atoms with Gasteiger partial charge in [-0.15, -0.1) is 0 Å². The molecular weight excluding hydrogens is 415 g/mol. The molecule has 2 aliphatic heterocycles. The quantitative estimate of drug-likeness (QED) is 0.549. The molecular formula is C28H37FN2O2. The van der Waals surface area contributed by atoms with E-state index in [0.717, 1.165) is 45.4 Å². The van der Waals surface area contributed by atoms with Crippen LogP contribution in [-0.2, 0) is 22.4 Å². The lowest BCUT2D eigenvalue weighted by molar-refractivity contribution is -0.147. The van der Waals surface area contributed by atoms with Crippen molar-refractivity contribution >= 4 is 5.97 Å². The third kappa shape index (κ3) is 6.87. The average molecular weight is 453 g/mol. The van der Waals surface area contributed by atoms with Gasteiger partial charge in [0.05, 0.1) is 7.11 Å². The molecule has 4 rings (SSSR count). The Morgan fingerprint density at radius 1 is 0.909 bits per heavy atom. The maximum absolute atomic E-state index is 13.1. The Morgan fingerprint density at radius 3 is 2.18 bits per heavy atom. The number of nitrogens with zero attached hydrogens (tertiary/aromatic N) is 2. The number of hydrogen-bond acceptors (Lipinski definition) is 4. The number of benzene rings is 2. The van der Waals surface area contributed by atoms with E-state index >= 15 is 0 Å². The molecule has 0 aromatic heterocycles. The molecule has 0 aliphatic carbocycles. The highest BCUT2D eigenvalue weighted by molar-refractivity contribution is 5.76. The minimum Gasteiger partial charge on any atom is -0.468 e. The van der Waals surface area contributed by atoms with E-state index in [-0.39, 0.29) is 17.8 Å². The van der Waals surface area contributed by atoms with Gasteiger partial charge >= 0.3 is 5.97 Å². The van der Waals surface area contributed by atoms with E-state index in [1.54, 1.807) is 12.1 Å². The minimum atomic E-state index is -0.194. The standard InChI is InChI=1S/C28H37FN2O2/c1-33-28(32)27(20-22-5-3-2-4-6-22)31-17-13-25(14-18-31)21-30-15-11-24(12-16-30)19-23-7-9-26(29)10-8-23/h2-10,24-25,27H,11-21H2,1H3/t27-/m0/s1. The zero-order chi connectivity index (χ0) is 23.0. The van der Waals surface area contributed by atoms with Crippen LogP contribution in [0.3, 0.4) is 0 Å². The molecule has 0 bridgehead atoms. The number of methoxy groups -OCH3 is 1. The van der Waals surface area contributed by atoms with Gasteiger partial charge in [0.25, 0.3) is 0 Å². The summed E-state index contributed by atoms with van der Waals surface area (Å²) < 4.78 is 18.3. The zero-order valence-electron chi connectivity index (χ0n) is 19.8. The number of likely N-dealkylation sites (tertiary alicyclic amines) is 2. The van der Waals surface area contributed by atoms with Gasteiger partial charge in [-0.1, -0.05) is 42.5 Å². The fourth-order valence-electron chi connectivity index (χ4n) is 5.47. The van der Waals surface area contributed by atoms with Crippen molar-refractivity contribution in [1.82, 2.24) is 9.80 Å². The molecule has 4 nitrogen and oxygen atoms in total. The van der Waals surface area contributed by atoms with Gasteiger partial charge in [-0.2, -0.15) is 0 Å². The summed E-state index contributed by atoms with van der Waals surface area (Å²) in [6, 6.07) is 17.0. The molecule has 0 spiro atoms. The fourth-order valence-corrected chi connectivity index (χ4v) is 5.47. The van der Waals surface area contributed by atoms with E-state index in [0.29, 0.717) is 18.3 Å². The number of halogens is 1. The van der Waals surface area contributed by atoms with Crippen molar-refractivity contribution in [1.29, 1.82) is 0 Å². The van der Waals surface area contributed by atoms with Gasteiger partial charge in [0.2, 0.25) is 0 Å².